The second kappa shape index (κ2) is 8.71. The average molecular weight is 279 g/mol. The van der Waals surface area contributed by atoms with Crippen LogP contribution in [-0.2, 0) is 24.2 Å². The molecular formula is C14H17NO5. The topological polar surface area (TPSA) is 73.9 Å². The van der Waals surface area contributed by atoms with Crippen LogP contribution in [0.3, 0.4) is 0 Å². The van der Waals surface area contributed by atoms with Gasteiger partial charge in [-0.25, -0.2) is 15.1 Å². The average Bonchev–Trinajstić information content (AvgIpc) is 2.49. The van der Waals surface area contributed by atoms with E-state index < -0.39 is 17.5 Å². The summed E-state index contributed by atoms with van der Waals surface area (Å²) in [6.45, 7) is 5.54. The third-order valence-electron chi connectivity index (χ3n) is 2.24. The number of hydrogen-bond donors (Lipinski definition) is 1. The molecule has 1 rings (SSSR count). The number of rotatable bonds is 8. The van der Waals surface area contributed by atoms with E-state index >= 15 is 0 Å². The van der Waals surface area contributed by atoms with E-state index in [9.17, 15) is 9.59 Å². The van der Waals surface area contributed by atoms with Gasteiger partial charge in [-0.05, 0) is 18.6 Å². The molecule has 6 heteroatoms. The van der Waals surface area contributed by atoms with Gasteiger partial charge in [0.05, 0.1) is 12.3 Å². The Kier molecular flexibility index (Phi) is 6.84. The van der Waals surface area contributed by atoms with Gasteiger partial charge in [-0.2, -0.15) is 4.89 Å². The summed E-state index contributed by atoms with van der Waals surface area (Å²) in [7, 11) is 0. The van der Waals surface area contributed by atoms with Gasteiger partial charge in [-0.15, -0.1) is 0 Å². The lowest BCUT2D eigenvalue weighted by atomic mass is 10.3. The first-order chi connectivity index (χ1) is 9.65. The van der Waals surface area contributed by atoms with Gasteiger partial charge in [-0.3, -0.25) is 4.89 Å². The summed E-state index contributed by atoms with van der Waals surface area (Å²) in [6, 6.07) is 8.74. The number of carbonyl (C=O) groups excluding carboxylic acids is 2. The Morgan fingerprint density at radius 2 is 1.90 bits per heavy atom. The number of unbranched alkanes of at least 4 members (excludes halogenated alkanes) is 1. The van der Waals surface area contributed by atoms with Gasteiger partial charge in [0.1, 0.15) is 5.57 Å². The molecule has 0 saturated carbocycles. The summed E-state index contributed by atoms with van der Waals surface area (Å²) in [6.07, 6.45) is 1.65. The largest absolute Gasteiger partial charge is 0.379 e. The molecule has 0 unspecified atom stereocenters. The highest BCUT2D eigenvalue weighted by Gasteiger charge is 2.20. The highest BCUT2D eigenvalue weighted by molar-refractivity contribution is 6.13. The molecule has 20 heavy (non-hydrogen) atoms. The molecule has 0 amide bonds. The van der Waals surface area contributed by atoms with Gasteiger partial charge in [0.25, 0.3) is 0 Å². The van der Waals surface area contributed by atoms with Crippen LogP contribution in [0.25, 0.3) is 0 Å². The van der Waals surface area contributed by atoms with E-state index in [-0.39, 0.29) is 6.61 Å². The maximum Gasteiger partial charge on any atom is 0.379 e. The minimum Gasteiger partial charge on any atom is -0.338 e. The second-order valence-corrected chi connectivity index (χ2v) is 3.88. The molecular weight excluding hydrogens is 262 g/mol. The lowest BCUT2D eigenvalue weighted by Crippen LogP contribution is -2.20. The first-order valence-electron chi connectivity index (χ1n) is 6.20. The predicted octanol–water partition coefficient (Wildman–Crippen LogP) is 2.39. The van der Waals surface area contributed by atoms with Crippen molar-refractivity contribution >= 4 is 17.6 Å². The molecule has 0 spiro atoms. The Morgan fingerprint density at radius 3 is 2.55 bits per heavy atom. The van der Waals surface area contributed by atoms with Gasteiger partial charge in [0, 0.05) is 0 Å². The SMILES string of the molecule is C=C(C(=O)ONc1ccccc1)C(=O)OOCCCC. The molecule has 0 radical (unpaired) electrons. The first-order valence-corrected chi connectivity index (χ1v) is 6.20. The Labute approximate surface area is 117 Å². The molecule has 1 aromatic rings. The van der Waals surface area contributed by atoms with E-state index in [1.54, 1.807) is 24.3 Å². The fourth-order valence-electron chi connectivity index (χ4n) is 1.11. The highest BCUT2D eigenvalue weighted by Crippen LogP contribution is 2.06. The fourth-order valence-corrected chi connectivity index (χ4v) is 1.11. The molecule has 6 nitrogen and oxygen atoms in total. The van der Waals surface area contributed by atoms with Crippen LogP contribution in [0.5, 0.6) is 0 Å². The zero-order valence-corrected chi connectivity index (χ0v) is 11.3. The van der Waals surface area contributed by atoms with Gasteiger partial charge in [0.2, 0.25) is 0 Å². The Balaban J connectivity index is 2.31. The van der Waals surface area contributed by atoms with Gasteiger partial charge in [0.15, 0.2) is 0 Å². The van der Waals surface area contributed by atoms with Crippen molar-refractivity contribution in [3.63, 3.8) is 0 Å². The van der Waals surface area contributed by atoms with Gasteiger partial charge >= 0.3 is 11.9 Å². The van der Waals surface area contributed by atoms with Crippen molar-refractivity contribution in [2.45, 2.75) is 19.8 Å². The van der Waals surface area contributed by atoms with Crippen molar-refractivity contribution < 1.29 is 24.2 Å². The normalized spacial score (nSPS) is 9.65. The minimum absolute atomic E-state index is 0.271. The molecule has 0 aliphatic rings. The number of nitrogens with one attached hydrogen (secondary N) is 1. The Morgan fingerprint density at radius 1 is 1.20 bits per heavy atom. The zero-order chi connectivity index (χ0) is 14.8. The molecule has 0 saturated heterocycles. The molecule has 0 fully saturated rings. The predicted molar refractivity (Wildman–Crippen MR) is 72.2 cm³/mol. The summed E-state index contributed by atoms with van der Waals surface area (Å²) in [5.74, 6) is -1.90. The van der Waals surface area contributed by atoms with Crippen LogP contribution in [0.1, 0.15) is 19.8 Å². The standard InChI is InChI=1S/C14H17NO5/c1-3-4-10-18-20-14(17)11(2)13(16)19-15-12-8-6-5-7-9-12/h5-9,15H,2-4,10H2,1H3. The quantitative estimate of drug-likeness (QED) is 0.197. The van der Waals surface area contributed by atoms with Crippen molar-refractivity contribution in [2.24, 2.45) is 0 Å². The van der Waals surface area contributed by atoms with E-state index in [2.05, 4.69) is 21.8 Å². The molecule has 0 aromatic heterocycles. The summed E-state index contributed by atoms with van der Waals surface area (Å²) in [4.78, 5) is 36.6. The van der Waals surface area contributed by atoms with Crippen LogP contribution >= 0.6 is 0 Å². The maximum absolute atomic E-state index is 11.5. The van der Waals surface area contributed by atoms with Crippen molar-refractivity contribution in [3.05, 3.63) is 42.5 Å². The zero-order valence-electron chi connectivity index (χ0n) is 11.3. The molecule has 0 aliphatic heterocycles. The van der Waals surface area contributed by atoms with Gasteiger partial charge in [-0.1, -0.05) is 38.1 Å². The molecule has 1 N–H and O–H groups in total. The monoisotopic (exact) mass is 279 g/mol. The van der Waals surface area contributed by atoms with E-state index in [1.165, 1.54) is 0 Å². The van der Waals surface area contributed by atoms with Crippen LogP contribution in [0.4, 0.5) is 5.69 Å². The van der Waals surface area contributed by atoms with E-state index in [1.807, 2.05) is 13.0 Å². The van der Waals surface area contributed by atoms with Crippen molar-refractivity contribution in [2.75, 3.05) is 12.1 Å². The molecule has 108 valence electrons. The Hall–Kier alpha value is -2.34. The number of para-hydroxylation sites is 1. The minimum atomic E-state index is -0.971. The Bertz CT molecular complexity index is 458. The lowest BCUT2D eigenvalue weighted by Gasteiger charge is -2.07. The summed E-state index contributed by atoms with van der Waals surface area (Å²) < 4.78 is 0. The summed E-state index contributed by atoms with van der Waals surface area (Å²) >= 11 is 0. The fraction of sp³-hybridized carbons (Fsp3) is 0.286. The maximum atomic E-state index is 11.5. The van der Waals surface area contributed by atoms with Crippen LogP contribution in [0, 0.1) is 0 Å². The second-order valence-electron chi connectivity index (χ2n) is 3.88. The van der Waals surface area contributed by atoms with E-state index in [0.29, 0.717) is 5.69 Å². The molecule has 0 heterocycles. The van der Waals surface area contributed by atoms with Gasteiger partial charge < -0.3 is 4.84 Å². The van der Waals surface area contributed by atoms with Crippen molar-refractivity contribution in [1.82, 2.24) is 0 Å². The molecule has 1 aromatic carbocycles. The van der Waals surface area contributed by atoms with Crippen LogP contribution < -0.4 is 5.48 Å². The number of carbonyl (C=O) groups is 2. The van der Waals surface area contributed by atoms with Crippen LogP contribution in [0.2, 0.25) is 0 Å². The van der Waals surface area contributed by atoms with Crippen LogP contribution in [0.15, 0.2) is 42.5 Å². The number of benzene rings is 1. The lowest BCUT2D eigenvalue weighted by molar-refractivity contribution is -0.268. The summed E-state index contributed by atoms with van der Waals surface area (Å²) in [5.41, 5.74) is 2.51. The van der Waals surface area contributed by atoms with Crippen molar-refractivity contribution in [3.8, 4) is 0 Å². The van der Waals surface area contributed by atoms with E-state index in [0.717, 1.165) is 12.8 Å². The molecule has 0 bridgehead atoms. The van der Waals surface area contributed by atoms with E-state index in [4.69, 9.17) is 4.84 Å². The summed E-state index contributed by atoms with van der Waals surface area (Å²) in [5, 5.41) is 0. The third-order valence-corrected chi connectivity index (χ3v) is 2.24. The highest BCUT2D eigenvalue weighted by atomic mass is 17.2. The molecule has 0 aliphatic carbocycles. The first kappa shape index (κ1) is 15.7. The van der Waals surface area contributed by atoms with Crippen molar-refractivity contribution in [1.29, 1.82) is 0 Å². The number of anilines is 1. The smallest absolute Gasteiger partial charge is 0.338 e. The third kappa shape index (κ3) is 5.53. The number of hydrogen-bond acceptors (Lipinski definition) is 6. The van der Waals surface area contributed by atoms with Crippen LogP contribution in [-0.4, -0.2) is 18.5 Å². The molecule has 0 atom stereocenters.